The lowest BCUT2D eigenvalue weighted by molar-refractivity contribution is 0.0353. The first kappa shape index (κ1) is 8.91. The molecule has 1 aliphatic carbocycles. The van der Waals surface area contributed by atoms with E-state index in [9.17, 15) is 9.90 Å². The average Bonchev–Trinajstić information content (AvgIpc) is 2.73. The van der Waals surface area contributed by atoms with Crippen LogP contribution < -0.4 is 0 Å². The summed E-state index contributed by atoms with van der Waals surface area (Å²) in [5, 5.41) is 13.7. The Morgan fingerprint density at radius 1 is 1.46 bits per heavy atom. The Balaban J connectivity index is 2.21. The molecule has 2 nitrogen and oxygen atoms in total. The number of thiophene rings is 1. The van der Waals surface area contributed by atoms with Gasteiger partial charge in [-0.3, -0.25) is 4.79 Å². The molecule has 3 heteroatoms. The van der Waals surface area contributed by atoms with Crippen LogP contribution in [-0.2, 0) is 0 Å². The largest absolute Gasteiger partial charge is 0.382 e. The highest BCUT2D eigenvalue weighted by Crippen LogP contribution is 2.32. The molecule has 1 fully saturated rings. The van der Waals surface area contributed by atoms with Crippen molar-refractivity contribution in [2.24, 2.45) is 0 Å². The molecule has 0 saturated heterocycles. The first-order valence-corrected chi connectivity index (χ1v) is 5.46. The summed E-state index contributed by atoms with van der Waals surface area (Å²) in [7, 11) is 0. The van der Waals surface area contributed by atoms with Crippen LogP contribution in [0.2, 0.25) is 0 Å². The van der Waals surface area contributed by atoms with Crippen LogP contribution in [0.1, 0.15) is 36.0 Å². The van der Waals surface area contributed by atoms with E-state index in [2.05, 4.69) is 0 Å². The maximum absolute atomic E-state index is 11.8. The van der Waals surface area contributed by atoms with Crippen LogP contribution in [0.5, 0.6) is 0 Å². The van der Waals surface area contributed by atoms with Gasteiger partial charge in [0.1, 0.15) is 5.60 Å². The molecule has 1 heterocycles. The minimum atomic E-state index is -1.05. The number of rotatable bonds is 2. The monoisotopic (exact) mass is 196 g/mol. The van der Waals surface area contributed by atoms with E-state index >= 15 is 0 Å². The molecule has 0 aliphatic heterocycles. The third kappa shape index (κ3) is 1.54. The minimum absolute atomic E-state index is 0.0914. The van der Waals surface area contributed by atoms with E-state index in [0.29, 0.717) is 18.4 Å². The lowest BCUT2D eigenvalue weighted by Gasteiger charge is -2.19. The van der Waals surface area contributed by atoms with Crippen LogP contribution in [0.3, 0.4) is 0 Å². The quantitative estimate of drug-likeness (QED) is 0.736. The Hall–Kier alpha value is -0.670. The second-order valence-electron chi connectivity index (χ2n) is 3.58. The molecule has 1 N–H and O–H groups in total. The fraction of sp³-hybridized carbons (Fsp3) is 0.500. The number of ketones is 1. The number of Topliss-reactive ketones (excluding diaryl/α,β-unsaturated/α-hetero) is 1. The van der Waals surface area contributed by atoms with Crippen molar-refractivity contribution in [2.45, 2.75) is 31.3 Å². The lowest BCUT2D eigenvalue weighted by atomic mass is 9.93. The van der Waals surface area contributed by atoms with Crippen LogP contribution in [0.15, 0.2) is 16.8 Å². The van der Waals surface area contributed by atoms with Crippen molar-refractivity contribution in [3.63, 3.8) is 0 Å². The van der Waals surface area contributed by atoms with Gasteiger partial charge in [0, 0.05) is 10.9 Å². The van der Waals surface area contributed by atoms with Gasteiger partial charge in [0.2, 0.25) is 0 Å². The zero-order chi connectivity index (χ0) is 9.31. The summed E-state index contributed by atoms with van der Waals surface area (Å²) in [6.45, 7) is 0. The molecule has 0 aromatic carbocycles. The molecule has 0 amide bonds. The summed E-state index contributed by atoms with van der Waals surface area (Å²) < 4.78 is 0. The van der Waals surface area contributed by atoms with E-state index in [4.69, 9.17) is 0 Å². The van der Waals surface area contributed by atoms with E-state index in [1.54, 1.807) is 11.4 Å². The first-order chi connectivity index (χ1) is 6.22. The molecule has 13 heavy (non-hydrogen) atoms. The molecule has 0 unspecified atom stereocenters. The summed E-state index contributed by atoms with van der Waals surface area (Å²) in [4.78, 5) is 11.8. The van der Waals surface area contributed by atoms with Crippen LogP contribution in [0.25, 0.3) is 0 Å². The van der Waals surface area contributed by atoms with Gasteiger partial charge >= 0.3 is 0 Å². The molecule has 0 spiro atoms. The van der Waals surface area contributed by atoms with Crippen molar-refractivity contribution >= 4 is 17.1 Å². The predicted octanol–water partition coefficient (Wildman–Crippen LogP) is 2.24. The fourth-order valence-electron chi connectivity index (χ4n) is 1.85. The second-order valence-corrected chi connectivity index (χ2v) is 4.36. The average molecular weight is 196 g/mol. The highest BCUT2D eigenvalue weighted by molar-refractivity contribution is 7.08. The summed E-state index contributed by atoms with van der Waals surface area (Å²) in [5.74, 6) is -0.0914. The van der Waals surface area contributed by atoms with Gasteiger partial charge in [-0.1, -0.05) is 0 Å². The first-order valence-electron chi connectivity index (χ1n) is 4.52. The molecule has 1 aromatic heterocycles. The number of hydrogen-bond acceptors (Lipinski definition) is 3. The summed E-state index contributed by atoms with van der Waals surface area (Å²) in [5.41, 5.74) is -0.393. The van der Waals surface area contributed by atoms with Crippen LogP contribution in [-0.4, -0.2) is 16.5 Å². The Bertz CT molecular complexity index is 297. The SMILES string of the molecule is O=C(c1ccsc1)C1(O)CCCC1. The molecule has 1 saturated carbocycles. The zero-order valence-corrected chi connectivity index (χ0v) is 8.14. The summed E-state index contributed by atoms with van der Waals surface area (Å²) in [6, 6.07) is 1.78. The summed E-state index contributed by atoms with van der Waals surface area (Å²) in [6.07, 6.45) is 3.18. The Morgan fingerprint density at radius 3 is 2.69 bits per heavy atom. The predicted molar refractivity (Wildman–Crippen MR) is 52.1 cm³/mol. The van der Waals surface area contributed by atoms with E-state index < -0.39 is 5.60 Å². The topological polar surface area (TPSA) is 37.3 Å². The van der Waals surface area contributed by atoms with Crippen molar-refractivity contribution in [1.82, 2.24) is 0 Å². The van der Waals surface area contributed by atoms with Gasteiger partial charge in [0.05, 0.1) is 0 Å². The number of hydrogen-bond donors (Lipinski definition) is 1. The van der Waals surface area contributed by atoms with Gasteiger partial charge < -0.3 is 5.11 Å². The van der Waals surface area contributed by atoms with Gasteiger partial charge in [-0.15, -0.1) is 0 Å². The standard InChI is InChI=1S/C10H12O2S/c11-9(8-3-6-13-7-8)10(12)4-1-2-5-10/h3,6-7,12H,1-2,4-5H2. The van der Waals surface area contributed by atoms with Gasteiger partial charge in [-0.2, -0.15) is 11.3 Å². The van der Waals surface area contributed by atoms with Crippen molar-refractivity contribution in [1.29, 1.82) is 0 Å². The molecule has 1 aromatic rings. The maximum atomic E-state index is 11.8. The van der Waals surface area contributed by atoms with Crippen molar-refractivity contribution < 1.29 is 9.90 Å². The molecular formula is C10H12O2S. The minimum Gasteiger partial charge on any atom is -0.382 e. The lowest BCUT2D eigenvalue weighted by Crippen LogP contribution is -2.34. The van der Waals surface area contributed by atoms with Crippen LogP contribution in [0, 0.1) is 0 Å². The highest BCUT2D eigenvalue weighted by Gasteiger charge is 2.39. The summed E-state index contributed by atoms with van der Waals surface area (Å²) >= 11 is 1.49. The van der Waals surface area contributed by atoms with Gasteiger partial charge in [-0.25, -0.2) is 0 Å². The van der Waals surface area contributed by atoms with E-state index in [0.717, 1.165) is 12.8 Å². The molecule has 1 aliphatic rings. The van der Waals surface area contributed by atoms with Crippen molar-refractivity contribution in [3.05, 3.63) is 22.4 Å². The molecular weight excluding hydrogens is 184 g/mol. The van der Waals surface area contributed by atoms with E-state index in [1.807, 2.05) is 5.38 Å². The van der Waals surface area contributed by atoms with Crippen molar-refractivity contribution in [2.75, 3.05) is 0 Å². The van der Waals surface area contributed by atoms with Gasteiger partial charge in [0.25, 0.3) is 0 Å². The third-order valence-electron chi connectivity index (χ3n) is 2.64. The van der Waals surface area contributed by atoms with Crippen LogP contribution >= 0.6 is 11.3 Å². The molecule has 70 valence electrons. The Labute approximate surface area is 81.2 Å². The normalized spacial score (nSPS) is 20.4. The Kier molecular flexibility index (Phi) is 2.22. The Morgan fingerprint density at radius 2 is 2.15 bits per heavy atom. The van der Waals surface area contributed by atoms with Gasteiger partial charge in [-0.05, 0) is 37.1 Å². The van der Waals surface area contributed by atoms with Crippen molar-refractivity contribution in [3.8, 4) is 0 Å². The van der Waals surface area contributed by atoms with Crippen LogP contribution in [0.4, 0.5) is 0 Å². The molecule has 0 atom stereocenters. The fourth-order valence-corrected chi connectivity index (χ4v) is 2.49. The molecule has 0 radical (unpaired) electrons. The number of aliphatic hydroxyl groups is 1. The second kappa shape index (κ2) is 3.24. The number of carbonyl (C=O) groups excluding carboxylic acids is 1. The zero-order valence-electron chi connectivity index (χ0n) is 7.32. The molecule has 0 bridgehead atoms. The van der Waals surface area contributed by atoms with Gasteiger partial charge in [0.15, 0.2) is 5.78 Å². The van der Waals surface area contributed by atoms with E-state index in [-0.39, 0.29) is 5.78 Å². The smallest absolute Gasteiger partial charge is 0.195 e. The highest BCUT2D eigenvalue weighted by atomic mass is 32.1. The third-order valence-corrected chi connectivity index (χ3v) is 3.32. The maximum Gasteiger partial charge on any atom is 0.195 e. The van der Waals surface area contributed by atoms with E-state index in [1.165, 1.54) is 11.3 Å². The molecule has 2 rings (SSSR count). The number of carbonyl (C=O) groups is 1.